The minimum Gasteiger partial charge on any atom is -0.0856 e. The van der Waals surface area contributed by atoms with Crippen molar-refractivity contribution in [3.8, 4) is 0 Å². The molecule has 1 heteroatoms. The Morgan fingerprint density at radius 3 is 1.75 bits per heavy atom. The summed E-state index contributed by atoms with van der Waals surface area (Å²) in [5.74, 6) is 0. The second-order valence-corrected chi connectivity index (χ2v) is 12.0. The number of hydrogen-bond acceptors (Lipinski definition) is 0. The molecule has 1 aromatic rings. The molecule has 0 nitrogen and oxygen atoms in total. The maximum Gasteiger partial charge on any atom is 0.0197 e. The highest BCUT2D eigenvalue weighted by atomic mass is 127. The lowest BCUT2D eigenvalue weighted by molar-refractivity contribution is 0.310. The van der Waals surface area contributed by atoms with Gasteiger partial charge in [0.15, 0.2) is 0 Å². The van der Waals surface area contributed by atoms with Gasteiger partial charge in [-0.3, -0.25) is 0 Å². The molecule has 0 amide bonds. The van der Waals surface area contributed by atoms with Gasteiger partial charge in [-0.25, -0.2) is 0 Å². The van der Waals surface area contributed by atoms with Gasteiger partial charge in [0.1, 0.15) is 0 Å². The minimum atomic E-state index is 0.375. The second-order valence-electron chi connectivity index (χ2n) is 11.0. The van der Waals surface area contributed by atoms with Gasteiger partial charge in [-0.1, -0.05) is 48.8 Å². The third kappa shape index (κ3) is 9.98. The lowest BCUT2D eigenvalue weighted by Crippen LogP contribution is -2.14. The molecule has 0 spiro atoms. The van der Waals surface area contributed by atoms with Crippen LogP contribution in [-0.2, 0) is 6.42 Å². The number of hydrogen-bond donors (Lipinski definition) is 0. The Balaban J connectivity index is 2.53. The van der Waals surface area contributed by atoms with Crippen molar-refractivity contribution in [3.63, 3.8) is 0 Å². The molecule has 1 aromatic carbocycles. The van der Waals surface area contributed by atoms with Crippen LogP contribution in [0.2, 0.25) is 0 Å². The van der Waals surface area contributed by atoms with E-state index in [2.05, 4.69) is 110 Å². The molecular weight excluding hydrogens is 499 g/mol. The molecule has 0 aliphatic carbocycles. The highest BCUT2D eigenvalue weighted by molar-refractivity contribution is 14.1. The van der Waals surface area contributed by atoms with Gasteiger partial charge in [-0.05, 0) is 163 Å². The average Bonchev–Trinajstić information content (AvgIpc) is 2.70. The van der Waals surface area contributed by atoms with E-state index in [0.717, 1.165) is 0 Å². The van der Waals surface area contributed by atoms with Gasteiger partial charge in [-0.2, -0.15) is 0 Å². The Kier molecular flexibility index (Phi) is 12.6. The number of allylic oxidation sites excluding steroid dienone is 6. The van der Waals surface area contributed by atoms with E-state index in [9.17, 15) is 0 Å². The van der Waals surface area contributed by atoms with E-state index in [-0.39, 0.29) is 0 Å². The first-order valence-corrected chi connectivity index (χ1v) is 13.6. The Hall–Kier alpha value is -0.830. The molecular formula is C31H49I. The SMILES string of the molecule is CC(C)=CCC/C(C)=C/CC/C(C)=C/CCC(C)(C)CCc1c(C)c(C)c(C)c(C)c1I. The zero-order chi connectivity index (χ0) is 24.5. The number of benzene rings is 1. The summed E-state index contributed by atoms with van der Waals surface area (Å²) in [4.78, 5) is 0. The van der Waals surface area contributed by atoms with Crippen LogP contribution in [0.5, 0.6) is 0 Å². The summed E-state index contributed by atoms with van der Waals surface area (Å²) >= 11 is 2.57. The van der Waals surface area contributed by atoms with E-state index >= 15 is 0 Å². The highest BCUT2D eigenvalue weighted by Gasteiger charge is 2.20. The maximum atomic E-state index is 2.57. The van der Waals surface area contributed by atoms with Crippen LogP contribution in [0.25, 0.3) is 0 Å². The molecule has 0 heterocycles. The van der Waals surface area contributed by atoms with Crippen LogP contribution in [0, 0.1) is 36.7 Å². The van der Waals surface area contributed by atoms with Crippen molar-refractivity contribution in [2.24, 2.45) is 5.41 Å². The monoisotopic (exact) mass is 548 g/mol. The molecule has 0 saturated carbocycles. The normalized spacial score (nSPS) is 13.0. The average molecular weight is 549 g/mol. The first-order chi connectivity index (χ1) is 14.9. The van der Waals surface area contributed by atoms with Crippen molar-refractivity contribution in [3.05, 3.63) is 66.3 Å². The standard InChI is InChI=1S/C31H49I/c1-22(2)14-11-15-23(3)16-12-17-24(4)18-13-20-31(9,10)21-19-29-27(7)25(5)26(6)28(8)30(29)32/h14,16,18H,11-13,15,17,19-21H2,1-10H3/b23-16+,24-18+. The van der Waals surface area contributed by atoms with Gasteiger partial charge in [0.25, 0.3) is 0 Å². The summed E-state index contributed by atoms with van der Waals surface area (Å²) in [5.41, 5.74) is 12.4. The molecule has 0 aliphatic rings. The van der Waals surface area contributed by atoms with Crippen LogP contribution < -0.4 is 0 Å². The molecule has 0 atom stereocenters. The topological polar surface area (TPSA) is 0 Å². The van der Waals surface area contributed by atoms with Crippen LogP contribution in [0.3, 0.4) is 0 Å². The second kappa shape index (κ2) is 13.8. The summed E-state index contributed by atoms with van der Waals surface area (Å²) in [6.07, 6.45) is 16.9. The third-order valence-electron chi connectivity index (χ3n) is 7.22. The van der Waals surface area contributed by atoms with Gasteiger partial charge in [0.05, 0.1) is 0 Å². The quantitative estimate of drug-likeness (QED) is 0.180. The van der Waals surface area contributed by atoms with Gasteiger partial charge < -0.3 is 0 Å². The fourth-order valence-corrected chi connectivity index (χ4v) is 5.36. The Morgan fingerprint density at radius 1 is 0.688 bits per heavy atom. The Labute approximate surface area is 214 Å². The van der Waals surface area contributed by atoms with E-state index in [1.165, 1.54) is 88.3 Å². The molecule has 32 heavy (non-hydrogen) atoms. The fraction of sp³-hybridized carbons (Fsp3) is 0.613. The maximum absolute atomic E-state index is 2.57. The van der Waals surface area contributed by atoms with E-state index in [0.29, 0.717) is 5.41 Å². The zero-order valence-electron chi connectivity index (χ0n) is 22.8. The van der Waals surface area contributed by atoms with Crippen LogP contribution in [0.4, 0.5) is 0 Å². The summed E-state index contributed by atoms with van der Waals surface area (Å²) in [6.45, 7) is 23.0. The number of halogens is 1. The molecule has 180 valence electrons. The summed E-state index contributed by atoms with van der Waals surface area (Å²) in [5, 5.41) is 0. The zero-order valence-corrected chi connectivity index (χ0v) is 24.9. The van der Waals surface area contributed by atoms with Gasteiger partial charge in [0, 0.05) is 3.57 Å². The third-order valence-corrected chi connectivity index (χ3v) is 8.68. The largest absolute Gasteiger partial charge is 0.0856 e. The van der Waals surface area contributed by atoms with Crippen molar-refractivity contribution >= 4 is 22.6 Å². The summed E-state index contributed by atoms with van der Waals surface area (Å²) < 4.78 is 1.49. The van der Waals surface area contributed by atoms with Crippen molar-refractivity contribution in [1.29, 1.82) is 0 Å². The molecule has 1 rings (SSSR count). The van der Waals surface area contributed by atoms with Gasteiger partial charge >= 0.3 is 0 Å². The van der Waals surface area contributed by atoms with E-state index < -0.39 is 0 Å². The first-order valence-electron chi connectivity index (χ1n) is 12.5. The molecule has 0 radical (unpaired) electrons. The van der Waals surface area contributed by atoms with Crippen LogP contribution in [0.1, 0.15) is 114 Å². The highest BCUT2D eigenvalue weighted by Crippen LogP contribution is 2.34. The molecule has 0 unspecified atom stereocenters. The fourth-order valence-electron chi connectivity index (χ4n) is 4.28. The molecule has 0 aliphatic heterocycles. The minimum absolute atomic E-state index is 0.375. The van der Waals surface area contributed by atoms with Crippen LogP contribution in [0.15, 0.2) is 34.9 Å². The van der Waals surface area contributed by atoms with E-state index in [4.69, 9.17) is 0 Å². The van der Waals surface area contributed by atoms with Crippen molar-refractivity contribution in [2.75, 3.05) is 0 Å². The molecule has 0 bridgehead atoms. The van der Waals surface area contributed by atoms with Crippen molar-refractivity contribution in [1.82, 2.24) is 0 Å². The van der Waals surface area contributed by atoms with Crippen LogP contribution >= 0.6 is 22.6 Å². The van der Waals surface area contributed by atoms with Gasteiger partial charge in [0.2, 0.25) is 0 Å². The molecule has 0 aromatic heterocycles. The number of rotatable bonds is 12. The van der Waals surface area contributed by atoms with Gasteiger partial charge in [-0.15, -0.1) is 0 Å². The summed E-state index contributed by atoms with van der Waals surface area (Å²) in [6, 6.07) is 0. The Morgan fingerprint density at radius 2 is 1.19 bits per heavy atom. The molecule has 0 fully saturated rings. The Bertz CT molecular complexity index is 813. The molecule has 0 saturated heterocycles. The van der Waals surface area contributed by atoms with Crippen molar-refractivity contribution in [2.45, 2.75) is 121 Å². The first kappa shape index (κ1) is 29.2. The predicted molar refractivity (Wildman–Crippen MR) is 155 cm³/mol. The smallest absolute Gasteiger partial charge is 0.0197 e. The lowest BCUT2D eigenvalue weighted by atomic mass is 9.80. The summed E-state index contributed by atoms with van der Waals surface area (Å²) in [7, 11) is 0. The van der Waals surface area contributed by atoms with Crippen LogP contribution in [-0.4, -0.2) is 0 Å². The lowest BCUT2D eigenvalue weighted by Gasteiger charge is -2.26. The molecule has 0 N–H and O–H groups in total. The van der Waals surface area contributed by atoms with E-state index in [1.54, 1.807) is 11.1 Å². The van der Waals surface area contributed by atoms with E-state index in [1.807, 2.05) is 0 Å². The predicted octanol–water partition coefficient (Wildman–Crippen LogP) is 10.7. The van der Waals surface area contributed by atoms with Crippen molar-refractivity contribution < 1.29 is 0 Å².